The first kappa shape index (κ1) is 25.8. The van der Waals surface area contributed by atoms with Crippen LogP contribution in [0, 0.1) is 17.3 Å². The predicted molar refractivity (Wildman–Crippen MR) is 131 cm³/mol. The monoisotopic (exact) mass is 491 g/mol. The number of rotatable bonds is 8. The third kappa shape index (κ3) is 5.60. The van der Waals surface area contributed by atoms with Crippen molar-refractivity contribution in [3.8, 4) is 5.75 Å². The average Bonchev–Trinajstić information content (AvgIpc) is 2.78. The average molecular weight is 492 g/mol. The van der Waals surface area contributed by atoms with E-state index in [1.165, 1.54) is 6.07 Å². The highest BCUT2D eigenvalue weighted by Crippen LogP contribution is 2.46. The smallest absolute Gasteiger partial charge is 0.420 e. The Morgan fingerprint density at radius 3 is 2.46 bits per heavy atom. The first-order valence-electron chi connectivity index (χ1n) is 12.7. The van der Waals surface area contributed by atoms with Crippen LogP contribution >= 0.6 is 0 Å². The van der Waals surface area contributed by atoms with Crippen LogP contribution in [0.25, 0.3) is 10.8 Å². The molecule has 0 heterocycles. The molecule has 2 fully saturated rings. The lowest BCUT2D eigenvalue weighted by Crippen LogP contribution is -2.59. The minimum Gasteiger partial charge on any atom is -0.490 e. The summed E-state index contributed by atoms with van der Waals surface area (Å²) in [5.41, 5.74) is -0.127. The van der Waals surface area contributed by atoms with Crippen LogP contribution in [0.3, 0.4) is 0 Å². The Morgan fingerprint density at radius 2 is 1.83 bits per heavy atom. The maximum absolute atomic E-state index is 14.2. The summed E-state index contributed by atoms with van der Waals surface area (Å²) >= 11 is 0. The number of hydrogen-bond acceptors (Lipinski definition) is 3. The van der Waals surface area contributed by atoms with Crippen molar-refractivity contribution in [2.45, 2.75) is 84.0 Å². The molecule has 2 aromatic rings. The highest BCUT2D eigenvalue weighted by atomic mass is 19.4. The van der Waals surface area contributed by atoms with Crippen molar-refractivity contribution < 1.29 is 27.8 Å². The van der Waals surface area contributed by atoms with E-state index in [1.54, 1.807) is 18.2 Å². The van der Waals surface area contributed by atoms with Gasteiger partial charge in [0.25, 0.3) is 0 Å². The van der Waals surface area contributed by atoms with Gasteiger partial charge < -0.3 is 15.2 Å². The summed E-state index contributed by atoms with van der Waals surface area (Å²) in [6.45, 7) is 6.78. The van der Waals surface area contributed by atoms with Gasteiger partial charge in [0.15, 0.2) is 0 Å². The SMILES string of the molecule is CC1CCC(Oc2ccc3ccc(CCCNC4CC(C(=O)O)C4(C)C)cc3c2C(F)(F)F)CC1. The third-order valence-corrected chi connectivity index (χ3v) is 8.19. The molecule has 0 spiro atoms. The van der Waals surface area contributed by atoms with Crippen LogP contribution in [0.2, 0.25) is 0 Å². The number of carboxylic acid groups (broad SMARTS) is 1. The van der Waals surface area contributed by atoms with Gasteiger partial charge in [-0.05, 0) is 85.2 Å². The molecule has 2 aliphatic carbocycles. The van der Waals surface area contributed by atoms with Crippen LogP contribution in [0.1, 0.15) is 70.4 Å². The van der Waals surface area contributed by atoms with Gasteiger partial charge in [0, 0.05) is 6.04 Å². The number of aryl methyl sites for hydroxylation is 1. The number of ether oxygens (including phenoxy) is 1. The van der Waals surface area contributed by atoms with Crippen molar-refractivity contribution >= 4 is 16.7 Å². The standard InChI is InChI=1S/C28H36F3NO3/c1-17-6-11-20(12-7-17)35-23-13-10-19-9-8-18(15-21(19)25(23)28(29,30)31)5-4-14-32-24-16-22(26(33)34)27(24,2)3/h8-10,13,15,17,20,22,24,32H,4-7,11-12,14,16H2,1-3H3,(H,33,34). The van der Waals surface area contributed by atoms with Crippen LogP contribution in [0.15, 0.2) is 30.3 Å². The Kier molecular flexibility index (Phi) is 7.37. The summed E-state index contributed by atoms with van der Waals surface area (Å²) in [6, 6.07) is 8.62. The number of alkyl halides is 3. The van der Waals surface area contributed by atoms with E-state index < -0.39 is 17.7 Å². The molecule has 0 radical (unpaired) electrons. The van der Waals surface area contributed by atoms with Gasteiger partial charge in [-0.15, -0.1) is 0 Å². The molecule has 7 heteroatoms. The number of hydrogen-bond donors (Lipinski definition) is 2. The molecule has 2 unspecified atom stereocenters. The van der Waals surface area contributed by atoms with Gasteiger partial charge in [0.2, 0.25) is 0 Å². The quantitative estimate of drug-likeness (QED) is 0.397. The van der Waals surface area contributed by atoms with Crippen LogP contribution in [-0.4, -0.2) is 29.8 Å². The summed E-state index contributed by atoms with van der Waals surface area (Å²) in [5, 5.41) is 13.5. The molecule has 0 saturated heterocycles. The molecule has 0 aromatic heterocycles. The van der Waals surface area contributed by atoms with Crippen molar-refractivity contribution in [2.75, 3.05) is 6.54 Å². The molecule has 2 saturated carbocycles. The number of carboxylic acids is 1. The molecule has 2 atom stereocenters. The highest BCUT2D eigenvalue weighted by molar-refractivity contribution is 5.89. The second-order valence-corrected chi connectivity index (χ2v) is 11.0. The Hall–Kier alpha value is -2.28. The van der Waals surface area contributed by atoms with E-state index in [9.17, 15) is 23.1 Å². The van der Waals surface area contributed by atoms with Crippen LogP contribution in [0.5, 0.6) is 5.75 Å². The normalized spacial score (nSPS) is 26.3. The number of aliphatic carboxylic acids is 1. The lowest BCUT2D eigenvalue weighted by atomic mass is 9.58. The fourth-order valence-corrected chi connectivity index (χ4v) is 5.68. The molecule has 2 N–H and O–H groups in total. The summed E-state index contributed by atoms with van der Waals surface area (Å²) in [4.78, 5) is 11.3. The maximum atomic E-state index is 14.2. The van der Waals surface area contributed by atoms with E-state index >= 15 is 0 Å². The third-order valence-electron chi connectivity index (χ3n) is 8.19. The summed E-state index contributed by atoms with van der Waals surface area (Å²) < 4.78 is 48.5. The molecule has 4 rings (SSSR count). The molecule has 0 aliphatic heterocycles. The molecule has 192 valence electrons. The second kappa shape index (κ2) is 10.00. The van der Waals surface area contributed by atoms with E-state index in [-0.39, 0.29) is 34.6 Å². The Balaban J connectivity index is 1.45. The van der Waals surface area contributed by atoms with Crippen LogP contribution in [-0.2, 0) is 17.4 Å². The topological polar surface area (TPSA) is 58.6 Å². The number of nitrogens with one attached hydrogen (secondary N) is 1. The fourth-order valence-electron chi connectivity index (χ4n) is 5.68. The number of carbonyl (C=O) groups is 1. The van der Waals surface area contributed by atoms with Crippen molar-refractivity contribution in [2.24, 2.45) is 17.3 Å². The zero-order valence-electron chi connectivity index (χ0n) is 20.8. The first-order valence-corrected chi connectivity index (χ1v) is 12.7. The number of halogens is 3. The van der Waals surface area contributed by atoms with Gasteiger partial charge in [-0.25, -0.2) is 0 Å². The lowest BCUT2D eigenvalue weighted by molar-refractivity contribution is -0.155. The molecule has 0 bridgehead atoms. The minimum absolute atomic E-state index is 0.0661. The number of benzene rings is 2. The first-order chi connectivity index (χ1) is 16.5. The summed E-state index contributed by atoms with van der Waals surface area (Å²) in [7, 11) is 0. The highest BCUT2D eigenvalue weighted by Gasteiger charge is 2.51. The Bertz CT molecular complexity index is 1060. The van der Waals surface area contributed by atoms with E-state index in [0.29, 0.717) is 30.7 Å². The second-order valence-electron chi connectivity index (χ2n) is 11.0. The lowest BCUT2D eigenvalue weighted by Gasteiger charge is -2.50. The van der Waals surface area contributed by atoms with E-state index in [1.807, 2.05) is 19.9 Å². The molecule has 4 nitrogen and oxygen atoms in total. The summed E-state index contributed by atoms with van der Waals surface area (Å²) in [6.07, 6.45) is 0.858. The maximum Gasteiger partial charge on any atom is 0.420 e. The predicted octanol–water partition coefficient (Wildman–Crippen LogP) is 6.84. The van der Waals surface area contributed by atoms with Crippen molar-refractivity contribution in [1.82, 2.24) is 5.32 Å². The zero-order chi connectivity index (χ0) is 25.4. The van der Waals surface area contributed by atoms with E-state index in [2.05, 4.69) is 12.2 Å². The Labute approximate surface area is 205 Å². The van der Waals surface area contributed by atoms with Gasteiger partial charge in [-0.2, -0.15) is 13.2 Å². The van der Waals surface area contributed by atoms with Crippen molar-refractivity contribution in [3.63, 3.8) is 0 Å². The van der Waals surface area contributed by atoms with Gasteiger partial charge in [-0.1, -0.05) is 45.0 Å². The van der Waals surface area contributed by atoms with Gasteiger partial charge in [-0.3, -0.25) is 4.79 Å². The largest absolute Gasteiger partial charge is 0.490 e. The van der Waals surface area contributed by atoms with Crippen LogP contribution in [0.4, 0.5) is 13.2 Å². The molecule has 2 aromatic carbocycles. The fraction of sp³-hybridized carbons (Fsp3) is 0.607. The number of fused-ring (bicyclic) bond motifs is 1. The summed E-state index contributed by atoms with van der Waals surface area (Å²) in [5.74, 6) is -0.566. The van der Waals surface area contributed by atoms with E-state index in [4.69, 9.17) is 4.74 Å². The molecule has 2 aliphatic rings. The molecule has 0 amide bonds. The van der Waals surface area contributed by atoms with Gasteiger partial charge in [0.1, 0.15) is 11.3 Å². The Morgan fingerprint density at radius 1 is 1.14 bits per heavy atom. The molecular formula is C28H36F3NO3. The van der Waals surface area contributed by atoms with Crippen molar-refractivity contribution in [1.29, 1.82) is 0 Å². The van der Waals surface area contributed by atoms with E-state index in [0.717, 1.165) is 37.7 Å². The molecular weight excluding hydrogens is 455 g/mol. The zero-order valence-corrected chi connectivity index (χ0v) is 20.8. The van der Waals surface area contributed by atoms with Gasteiger partial charge >= 0.3 is 12.1 Å². The van der Waals surface area contributed by atoms with Crippen LogP contribution < -0.4 is 10.1 Å². The van der Waals surface area contributed by atoms with Gasteiger partial charge in [0.05, 0.1) is 12.0 Å². The van der Waals surface area contributed by atoms with Crippen molar-refractivity contribution in [3.05, 3.63) is 41.5 Å². The molecule has 35 heavy (non-hydrogen) atoms. The minimum atomic E-state index is -4.51.